The maximum atomic E-state index is 12.8. The molecular formula is C7H8F5NO. The molecule has 7 heteroatoms. The van der Waals surface area contributed by atoms with Gasteiger partial charge in [0.05, 0.1) is 13.2 Å². The van der Waals surface area contributed by atoms with Crippen LogP contribution in [0.15, 0.2) is 11.8 Å². The van der Waals surface area contributed by atoms with Crippen molar-refractivity contribution >= 4 is 0 Å². The molecule has 0 amide bonds. The van der Waals surface area contributed by atoms with Crippen LogP contribution in [0, 0.1) is 0 Å². The Morgan fingerprint density at radius 3 is 2.00 bits per heavy atom. The highest BCUT2D eigenvalue weighted by molar-refractivity contribution is 5.05. The quantitative estimate of drug-likeness (QED) is 0.492. The Labute approximate surface area is 76.9 Å². The molecule has 0 radical (unpaired) electrons. The van der Waals surface area contributed by atoms with Crippen LogP contribution in [-0.4, -0.2) is 37.4 Å². The summed E-state index contributed by atoms with van der Waals surface area (Å²) in [7, 11) is 0. The Morgan fingerprint density at radius 2 is 1.57 bits per heavy atom. The van der Waals surface area contributed by atoms with Crippen molar-refractivity contribution in [3.8, 4) is 0 Å². The summed E-state index contributed by atoms with van der Waals surface area (Å²) in [5.41, 5.74) is 0. The van der Waals surface area contributed by atoms with Crippen LogP contribution in [-0.2, 0) is 4.74 Å². The highest BCUT2D eigenvalue weighted by Gasteiger charge is 2.39. The van der Waals surface area contributed by atoms with Gasteiger partial charge in [-0.1, -0.05) is 0 Å². The van der Waals surface area contributed by atoms with E-state index >= 15 is 0 Å². The molecule has 0 saturated carbocycles. The standard InChI is InChI=1S/C7H8F5NO/c8-5(7(10,11)12)6(9)13-1-3-14-4-2-13/h1-4H2/b6-5+. The van der Waals surface area contributed by atoms with Gasteiger partial charge in [0, 0.05) is 13.1 Å². The number of hydrogen-bond acceptors (Lipinski definition) is 2. The summed E-state index contributed by atoms with van der Waals surface area (Å²) in [5.74, 6) is -4.54. The van der Waals surface area contributed by atoms with E-state index in [1.807, 2.05) is 0 Å². The number of nitrogens with zero attached hydrogens (tertiary/aromatic N) is 1. The molecule has 0 aromatic carbocycles. The monoisotopic (exact) mass is 217 g/mol. The Hall–Kier alpha value is -0.850. The van der Waals surface area contributed by atoms with Gasteiger partial charge >= 0.3 is 6.18 Å². The summed E-state index contributed by atoms with van der Waals surface area (Å²) in [6.07, 6.45) is -5.26. The van der Waals surface area contributed by atoms with Gasteiger partial charge in [-0.15, -0.1) is 0 Å². The smallest absolute Gasteiger partial charge is 0.378 e. The van der Waals surface area contributed by atoms with Gasteiger partial charge < -0.3 is 9.64 Å². The Balaban J connectivity index is 2.74. The van der Waals surface area contributed by atoms with Gasteiger partial charge in [-0.05, 0) is 0 Å². The first-order valence-electron chi connectivity index (χ1n) is 3.88. The number of allylic oxidation sites excluding steroid dienone is 1. The molecule has 14 heavy (non-hydrogen) atoms. The molecule has 1 saturated heterocycles. The fourth-order valence-electron chi connectivity index (χ4n) is 1.02. The second-order valence-corrected chi connectivity index (χ2v) is 2.70. The van der Waals surface area contributed by atoms with Crippen molar-refractivity contribution in [1.82, 2.24) is 4.90 Å². The average Bonchev–Trinajstić information content (AvgIpc) is 2.15. The van der Waals surface area contributed by atoms with E-state index in [1.54, 1.807) is 0 Å². The average molecular weight is 217 g/mol. The fourth-order valence-corrected chi connectivity index (χ4v) is 1.02. The topological polar surface area (TPSA) is 12.5 Å². The fraction of sp³-hybridized carbons (Fsp3) is 0.714. The highest BCUT2D eigenvalue weighted by atomic mass is 19.4. The van der Waals surface area contributed by atoms with E-state index in [4.69, 9.17) is 4.74 Å². The molecule has 0 N–H and O–H groups in total. The summed E-state index contributed by atoms with van der Waals surface area (Å²) >= 11 is 0. The zero-order valence-corrected chi connectivity index (χ0v) is 7.07. The van der Waals surface area contributed by atoms with E-state index < -0.39 is 18.0 Å². The number of alkyl halides is 3. The van der Waals surface area contributed by atoms with E-state index in [2.05, 4.69) is 0 Å². The lowest BCUT2D eigenvalue weighted by atomic mass is 10.4. The SMILES string of the molecule is F/C(=C(\F)C(F)(F)F)N1CCOCC1. The third kappa shape index (κ3) is 2.57. The zero-order valence-electron chi connectivity index (χ0n) is 7.07. The molecule has 1 rings (SSSR count). The lowest BCUT2D eigenvalue weighted by Crippen LogP contribution is -2.35. The molecule has 0 aromatic rings. The van der Waals surface area contributed by atoms with Gasteiger partial charge in [0.2, 0.25) is 5.95 Å². The van der Waals surface area contributed by atoms with Crippen LogP contribution in [0.5, 0.6) is 0 Å². The third-order valence-electron chi connectivity index (χ3n) is 1.72. The van der Waals surface area contributed by atoms with Crippen molar-refractivity contribution in [2.24, 2.45) is 0 Å². The van der Waals surface area contributed by atoms with Gasteiger partial charge in [0.15, 0.2) is 0 Å². The highest BCUT2D eigenvalue weighted by Crippen LogP contribution is 2.31. The van der Waals surface area contributed by atoms with Crippen LogP contribution in [0.4, 0.5) is 22.0 Å². The van der Waals surface area contributed by atoms with Crippen molar-refractivity contribution < 1.29 is 26.7 Å². The van der Waals surface area contributed by atoms with Crippen LogP contribution in [0.2, 0.25) is 0 Å². The first-order chi connectivity index (χ1) is 6.43. The van der Waals surface area contributed by atoms with Crippen molar-refractivity contribution in [1.29, 1.82) is 0 Å². The molecule has 1 heterocycles. The van der Waals surface area contributed by atoms with Crippen LogP contribution >= 0.6 is 0 Å². The molecular weight excluding hydrogens is 209 g/mol. The Bertz CT molecular complexity index is 231. The minimum Gasteiger partial charge on any atom is -0.378 e. The van der Waals surface area contributed by atoms with Crippen LogP contribution in [0.25, 0.3) is 0 Å². The molecule has 0 aliphatic carbocycles. The second-order valence-electron chi connectivity index (χ2n) is 2.70. The van der Waals surface area contributed by atoms with E-state index in [-0.39, 0.29) is 26.3 Å². The van der Waals surface area contributed by atoms with Gasteiger partial charge in [0.1, 0.15) is 0 Å². The lowest BCUT2D eigenvalue weighted by molar-refractivity contribution is -0.114. The summed E-state index contributed by atoms with van der Waals surface area (Å²) in [4.78, 5) is 0.673. The van der Waals surface area contributed by atoms with Crippen LogP contribution < -0.4 is 0 Å². The first-order valence-corrected chi connectivity index (χ1v) is 3.88. The lowest BCUT2D eigenvalue weighted by Gasteiger charge is -2.27. The van der Waals surface area contributed by atoms with Gasteiger partial charge in [-0.25, -0.2) is 0 Å². The molecule has 0 bridgehead atoms. The van der Waals surface area contributed by atoms with Gasteiger partial charge in [-0.2, -0.15) is 22.0 Å². The van der Waals surface area contributed by atoms with E-state index in [0.717, 1.165) is 0 Å². The van der Waals surface area contributed by atoms with Gasteiger partial charge in [-0.3, -0.25) is 0 Å². The van der Waals surface area contributed by atoms with Crippen molar-refractivity contribution in [3.05, 3.63) is 11.8 Å². The summed E-state index contributed by atoms with van der Waals surface area (Å²) in [6.45, 7) is 0.0434. The molecule has 0 unspecified atom stereocenters. The largest absolute Gasteiger partial charge is 0.447 e. The van der Waals surface area contributed by atoms with E-state index in [1.165, 1.54) is 0 Å². The number of hydrogen-bond donors (Lipinski definition) is 0. The van der Waals surface area contributed by atoms with Crippen molar-refractivity contribution in [2.45, 2.75) is 6.18 Å². The van der Waals surface area contributed by atoms with Crippen molar-refractivity contribution in [2.75, 3.05) is 26.3 Å². The first kappa shape index (κ1) is 11.2. The number of morpholine rings is 1. The van der Waals surface area contributed by atoms with Crippen LogP contribution in [0.1, 0.15) is 0 Å². The molecule has 0 spiro atoms. The maximum Gasteiger partial charge on any atom is 0.447 e. The molecule has 0 aromatic heterocycles. The normalized spacial score (nSPS) is 20.8. The van der Waals surface area contributed by atoms with E-state index in [9.17, 15) is 22.0 Å². The minimum atomic E-state index is -5.26. The number of rotatable bonds is 1. The molecule has 0 atom stereocenters. The molecule has 1 aliphatic rings. The molecule has 82 valence electrons. The van der Waals surface area contributed by atoms with Gasteiger partial charge in [0.25, 0.3) is 5.83 Å². The maximum absolute atomic E-state index is 12.8. The summed E-state index contributed by atoms with van der Waals surface area (Å²) in [5, 5.41) is 0. The molecule has 1 fully saturated rings. The number of halogens is 5. The van der Waals surface area contributed by atoms with Crippen molar-refractivity contribution in [3.63, 3.8) is 0 Å². The summed E-state index contributed by atoms with van der Waals surface area (Å²) in [6, 6.07) is 0. The molecule has 2 nitrogen and oxygen atoms in total. The summed E-state index contributed by atoms with van der Waals surface area (Å²) < 4.78 is 65.2. The predicted molar refractivity (Wildman–Crippen MR) is 37.7 cm³/mol. The third-order valence-corrected chi connectivity index (χ3v) is 1.72. The predicted octanol–water partition coefficient (Wildman–Crippen LogP) is 1.99. The Kier molecular flexibility index (Phi) is 3.30. The molecule has 1 aliphatic heterocycles. The zero-order chi connectivity index (χ0) is 10.8. The number of ether oxygens (including phenoxy) is 1. The van der Waals surface area contributed by atoms with E-state index in [0.29, 0.717) is 4.90 Å². The Morgan fingerprint density at radius 1 is 1.07 bits per heavy atom. The second kappa shape index (κ2) is 4.12. The minimum absolute atomic E-state index is 0.0741. The van der Waals surface area contributed by atoms with Crippen LogP contribution in [0.3, 0.4) is 0 Å².